The van der Waals surface area contributed by atoms with Gasteiger partial charge in [0, 0.05) is 19.6 Å². The van der Waals surface area contributed by atoms with Gasteiger partial charge in [-0.25, -0.2) is 0 Å². The Bertz CT molecular complexity index is 774. The molecule has 142 valence electrons. The van der Waals surface area contributed by atoms with Crippen LogP contribution in [0.15, 0.2) is 54.6 Å². The van der Waals surface area contributed by atoms with E-state index in [9.17, 15) is 14.7 Å². The molecule has 0 radical (unpaired) electrons. The monoisotopic (exact) mass is 366 g/mol. The van der Waals surface area contributed by atoms with Crippen LogP contribution in [0, 0.1) is 6.92 Å². The van der Waals surface area contributed by atoms with Crippen LogP contribution in [0.1, 0.15) is 16.7 Å². The molecule has 27 heavy (non-hydrogen) atoms. The average Bonchev–Trinajstić information content (AvgIpc) is 2.81. The maximum Gasteiger partial charge on any atom is 0.242 e. The second-order valence-corrected chi connectivity index (χ2v) is 7.17. The van der Waals surface area contributed by atoms with E-state index in [-0.39, 0.29) is 37.9 Å². The van der Waals surface area contributed by atoms with E-state index in [1.807, 2.05) is 61.5 Å². The molecule has 0 aromatic heterocycles. The van der Waals surface area contributed by atoms with E-state index >= 15 is 0 Å². The average molecular weight is 366 g/mol. The van der Waals surface area contributed by atoms with Gasteiger partial charge in [0.25, 0.3) is 0 Å². The maximum absolute atomic E-state index is 12.6. The summed E-state index contributed by atoms with van der Waals surface area (Å²) >= 11 is 0. The van der Waals surface area contributed by atoms with Crippen molar-refractivity contribution in [2.24, 2.45) is 0 Å². The Hall–Kier alpha value is -2.66. The molecule has 5 heteroatoms. The Morgan fingerprint density at radius 2 is 1.74 bits per heavy atom. The molecule has 1 aliphatic heterocycles. The molecular formula is C22H26N2O3. The molecule has 3 rings (SSSR count). The van der Waals surface area contributed by atoms with Crippen LogP contribution in [0.25, 0.3) is 0 Å². The lowest BCUT2D eigenvalue weighted by atomic mass is 10.1. The smallest absolute Gasteiger partial charge is 0.242 e. The maximum atomic E-state index is 12.6. The minimum absolute atomic E-state index is 0.0243. The molecule has 2 aromatic carbocycles. The van der Waals surface area contributed by atoms with Crippen molar-refractivity contribution in [3.8, 4) is 0 Å². The van der Waals surface area contributed by atoms with Gasteiger partial charge in [-0.2, -0.15) is 0 Å². The second-order valence-electron chi connectivity index (χ2n) is 7.17. The van der Waals surface area contributed by atoms with Gasteiger partial charge in [0.2, 0.25) is 11.8 Å². The fourth-order valence-corrected chi connectivity index (χ4v) is 3.30. The number of benzene rings is 2. The van der Waals surface area contributed by atoms with Gasteiger partial charge >= 0.3 is 0 Å². The van der Waals surface area contributed by atoms with Crippen LogP contribution in [-0.4, -0.2) is 59.0 Å². The van der Waals surface area contributed by atoms with Crippen molar-refractivity contribution in [1.29, 1.82) is 0 Å². The summed E-state index contributed by atoms with van der Waals surface area (Å²) in [5, 5.41) is 10.3. The third kappa shape index (κ3) is 5.41. The molecule has 0 spiro atoms. The first-order valence-corrected chi connectivity index (χ1v) is 9.34. The number of hydrogen-bond acceptors (Lipinski definition) is 3. The minimum atomic E-state index is -0.728. The number of aliphatic hydroxyl groups excluding tert-OH is 1. The lowest BCUT2D eigenvalue weighted by Crippen LogP contribution is -2.40. The fraction of sp³-hybridized carbons (Fsp3) is 0.364. The number of carbonyl (C=O) groups is 2. The Morgan fingerprint density at radius 3 is 2.44 bits per heavy atom. The predicted molar refractivity (Wildman–Crippen MR) is 104 cm³/mol. The number of carbonyl (C=O) groups excluding carboxylic acids is 2. The molecule has 0 saturated carbocycles. The summed E-state index contributed by atoms with van der Waals surface area (Å²) < 4.78 is 0. The zero-order valence-corrected chi connectivity index (χ0v) is 15.7. The molecule has 1 fully saturated rings. The normalized spacial score (nSPS) is 17.7. The fourth-order valence-electron chi connectivity index (χ4n) is 3.30. The third-order valence-electron chi connectivity index (χ3n) is 4.88. The SMILES string of the molecule is Cc1ccc(CC(=O)N2CC(=O)N(CCc3ccccc3)CC(O)C2)cc1. The van der Waals surface area contributed by atoms with Gasteiger partial charge in [-0.3, -0.25) is 9.59 Å². The van der Waals surface area contributed by atoms with E-state index in [1.54, 1.807) is 4.90 Å². The number of nitrogens with zero attached hydrogens (tertiary/aromatic N) is 2. The van der Waals surface area contributed by atoms with E-state index in [1.165, 1.54) is 4.90 Å². The highest BCUT2D eigenvalue weighted by atomic mass is 16.3. The zero-order chi connectivity index (χ0) is 19.2. The molecule has 0 bridgehead atoms. The van der Waals surface area contributed by atoms with Crippen LogP contribution >= 0.6 is 0 Å². The third-order valence-corrected chi connectivity index (χ3v) is 4.88. The largest absolute Gasteiger partial charge is 0.389 e. The molecule has 2 aromatic rings. The van der Waals surface area contributed by atoms with E-state index < -0.39 is 6.10 Å². The summed E-state index contributed by atoms with van der Waals surface area (Å²) in [6.07, 6.45) is 0.246. The summed E-state index contributed by atoms with van der Waals surface area (Å²) in [7, 11) is 0. The van der Waals surface area contributed by atoms with Crippen molar-refractivity contribution in [2.75, 3.05) is 26.2 Å². The van der Waals surface area contributed by atoms with Gasteiger partial charge in [0.05, 0.1) is 19.1 Å². The highest BCUT2D eigenvalue weighted by molar-refractivity contribution is 5.86. The Kier molecular flexibility index (Phi) is 6.24. The highest BCUT2D eigenvalue weighted by Crippen LogP contribution is 2.11. The molecule has 1 heterocycles. The van der Waals surface area contributed by atoms with E-state index in [0.29, 0.717) is 6.54 Å². The lowest BCUT2D eigenvalue weighted by molar-refractivity contribution is -0.138. The summed E-state index contributed by atoms with van der Waals surface area (Å²) in [5.41, 5.74) is 3.20. The van der Waals surface area contributed by atoms with Crippen molar-refractivity contribution >= 4 is 11.8 Å². The van der Waals surface area contributed by atoms with Crippen LogP contribution < -0.4 is 0 Å². The van der Waals surface area contributed by atoms with E-state index in [2.05, 4.69) is 0 Å². The molecule has 1 aliphatic rings. The van der Waals surface area contributed by atoms with Gasteiger partial charge in [0.15, 0.2) is 0 Å². The van der Waals surface area contributed by atoms with Crippen LogP contribution in [0.3, 0.4) is 0 Å². The molecule has 1 atom stereocenters. The van der Waals surface area contributed by atoms with Crippen LogP contribution in [0.4, 0.5) is 0 Å². The number of hydrogen-bond donors (Lipinski definition) is 1. The van der Waals surface area contributed by atoms with Crippen molar-refractivity contribution in [3.05, 3.63) is 71.3 Å². The molecule has 2 amide bonds. The Labute approximate surface area is 160 Å². The highest BCUT2D eigenvalue weighted by Gasteiger charge is 2.29. The van der Waals surface area contributed by atoms with Crippen molar-refractivity contribution < 1.29 is 14.7 Å². The summed E-state index contributed by atoms with van der Waals surface area (Å²) in [5.74, 6) is -0.240. The topological polar surface area (TPSA) is 60.9 Å². The van der Waals surface area contributed by atoms with Crippen molar-refractivity contribution in [1.82, 2.24) is 9.80 Å². The second kappa shape index (κ2) is 8.82. The van der Waals surface area contributed by atoms with Gasteiger partial charge < -0.3 is 14.9 Å². The molecule has 1 unspecified atom stereocenters. The summed E-state index contributed by atoms with van der Waals surface area (Å²) in [6.45, 7) is 3.02. The Balaban J connectivity index is 1.60. The first-order chi connectivity index (χ1) is 13.0. The summed E-state index contributed by atoms with van der Waals surface area (Å²) in [6, 6.07) is 17.7. The van der Waals surface area contributed by atoms with Crippen LogP contribution in [0.5, 0.6) is 0 Å². The number of aryl methyl sites for hydroxylation is 1. The zero-order valence-electron chi connectivity index (χ0n) is 15.7. The minimum Gasteiger partial charge on any atom is -0.389 e. The predicted octanol–water partition coefficient (Wildman–Crippen LogP) is 1.81. The molecule has 1 N–H and O–H groups in total. The van der Waals surface area contributed by atoms with Crippen molar-refractivity contribution in [2.45, 2.75) is 25.9 Å². The first-order valence-electron chi connectivity index (χ1n) is 9.34. The summed E-state index contributed by atoms with van der Waals surface area (Å²) in [4.78, 5) is 28.4. The standard InChI is InChI=1S/C22H26N2O3/c1-17-7-9-19(10-8-17)13-21(26)24-15-20(25)14-23(22(27)16-24)12-11-18-5-3-2-4-6-18/h2-10,20,25H,11-16H2,1H3. The quantitative estimate of drug-likeness (QED) is 0.878. The molecule has 1 saturated heterocycles. The van der Waals surface area contributed by atoms with Gasteiger partial charge in [0.1, 0.15) is 0 Å². The molecular weight excluding hydrogens is 340 g/mol. The number of rotatable bonds is 5. The lowest BCUT2D eigenvalue weighted by Gasteiger charge is -2.22. The molecule has 0 aliphatic carbocycles. The van der Waals surface area contributed by atoms with Gasteiger partial charge in [-0.15, -0.1) is 0 Å². The van der Waals surface area contributed by atoms with E-state index in [4.69, 9.17) is 0 Å². The van der Waals surface area contributed by atoms with Gasteiger partial charge in [-0.1, -0.05) is 60.2 Å². The van der Waals surface area contributed by atoms with Crippen LogP contribution in [0.2, 0.25) is 0 Å². The number of aliphatic hydroxyl groups is 1. The molecule has 5 nitrogen and oxygen atoms in total. The van der Waals surface area contributed by atoms with Gasteiger partial charge in [-0.05, 0) is 24.5 Å². The number of β-amino-alcohol motifs (C(OH)–C–C–N with tert-alkyl or cyclic N) is 1. The van der Waals surface area contributed by atoms with Crippen molar-refractivity contribution in [3.63, 3.8) is 0 Å². The number of amides is 2. The van der Waals surface area contributed by atoms with Crippen LogP contribution in [-0.2, 0) is 22.4 Å². The first kappa shape index (κ1) is 19.1. The Morgan fingerprint density at radius 1 is 1.04 bits per heavy atom. The van der Waals surface area contributed by atoms with E-state index in [0.717, 1.165) is 23.1 Å².